The van der Waals surface area contributed by atoms with Gasteiger partial charge in [0.15, 0.2) is 9.84 Å². The van der Waals surface area contributed by atoms with E-state index >= 15 is 0 Å². The number of alkyl halides is 5. The van der Waals surface area contributed by atoms with Gasteiger partial charge in [-0.1, -0.05) is 0 Å². The van der Waals surface area contributed by atoms with Crippen LogP contribution in [-0.4, -0.2) is 64.7 Å². The molecule has 2 saturated carbocycles. The van der Waals surface area contributed by atoms with Crippen LogP contribution in [0.1, 0.15) is 31.2 Å². The summed E-state index contributed by atoms with van der Waals surface area (Å²) < 4.78 is 97.3. The number of nitriles is 1. The first-order valence-electron chi connectivity index (χ1n) is 12.0. The molecule has 9 nitrogen and oxygen atoms in total. The molecule has 15 heteroatoms. The first-order valence-corrected chi connectivity index (χ1v) is 13.6. The van der Waals surface area contributed by atoms with Crippen molar-refractivity contribution in [1.29, 1.82) is 5.26 Å². The lowest BCUT2D eigenvalue weighted by Gasteiger charge is -2.40. The van der Waals surface area contributed by atoms with Crippen molar-refractivity contribution in [2.75, 3.05) is 13.1 Å². The summed E-state index contributed by atoms with van der Waals surface area (Å²) in [5.41, 5.74) is -2.62. The van der Waals surface area contributed by atoms with E-state index in [1.54, 1.807) is 0 Å². The Hall–Kier alpha value is -3.54. The number of halogens is 5. The molecule has 3 atom stereocenters. The van der Waals surface area contributed by atoms with Gasteiger partial charge in [0.05, 0.1) is 52.4 Å². The molecule has 1 saturated heterocycles. The molecular formula is C24H22F5N5O4S. The van der Waals surface area contributed by atoms with Crippen LogP contribution in [0.2, 0.25) is 0 Å². The highest BCUT2D eigenvalue weighted by molar-refractivity contribution is 7.92. The van der Waals surface area contributed by atoms with E-state index in [4.69, 9.17) is 0 Å². The second-order valence-corrected chi connectivity index (χ2v) is 12.4. The van der Waals surface area contributed by atoms with Gasteiger partial charge in [-0.2, -0.15) is 23.5 Å². The van der Waals surface area contributed by atoms with E-state index in [9.17, 15) is 45.2 Å². The average molecular weight is 572 g/mol. The maximum atomic E-state index is 14.0. The number of hydrogen-bond acceptors (Lipinski definition) is 6. The largest absolute Gasteiger partial charge is 0.417 e. The summed E-state index contributed by atoms with van der Waals surface area (Å²) in [5.74, 6) is -7.47. The number of amides is 2. The summed E-state index contributed by atoms with van der Waals surface area (Å²) in [7, 11) is -4.76. The van der Waals surface area contributed by atoms with Gasteiger partial charge in [-0.3, -0.25) is 9.59 Å². The van der Waals surface area contributed by atoms with Crippen molar-refractivity contribution in [3.63, 3.8) is 0 Å². The highest BCUT2D eigenvalue weighted by Gasteiger charge is 2.55. The van der Waals surface area contributed by atoms with Crippen LogP contribution in [0.5, 0.6) is 0 Å². The molecule has 0 bridgehead atoms. The van der Waals surface area contributed by atoms with E-state index in [1.807, 2.05) is 6.07 Å². The monoisotopic (exact) mass is 571 g/mol. The van der Waals surface area contributed by atoms with Crippen molar-refractivity contribution >= 4 is 21.7 Å². The Morgan fingerprint density at radius 3 is 2.33 bits per heavy atom. The normalized spacial score (nSPS) is 25.4. The van der Waals surface area contributed by atoms with Gasteiger partial charge in [0.1, 0.15) is 5.54 Å². The minimum Gasteiger partial charge on any atom is -0.338 e. The predicted octanol–water partition coefficient (Wildman–Crippen LogP) is 2.71. The number of rotatable bonds is 6. The smallest absolute Gasteiger partial charge is 0.338 e. The molecule has 3 fully saturated rings. The lowest BCUT2D eigenvalue weighted by molar-refractivity contribution is -0.171. The Balaban J connectivity index is 1.48. The molecule has 3 aliphatic rings. The summed E-state index contributed by atoms with van der Waals surface area (Å²) in [6.07, 6.45) is -2.69. The number of aromatic nitrogens is 2. The topological polar surface area (TPSA) is 125 Å². The van der Waals surface area contributed by atoms with Crippen molar-refractivity contribution in [3.05, 3.63) is 42.2 Å². The quantitative estimate of drug-likeness (QED) is 0.532. The molecule has 1 N–H and O–H groups in total. The number of benzene rings is 1. The van der Waals surface area contributed by atoms with Crippen molar-refractivity contribution < 1.29 is 40.0 Å². The molecule has 208 valence electrons. The zero-order valence-electron chi connectivity index (χ0n) is 20.2. The lowest BCUT2D eigenvalue weighted by Crippen LogP contribution is -2.60. The zero-order chi connectivity index (χ0) is 28.4. The molecule has 5 rings (SSSR count). The minimum atomic E-state index is -5.06. The first kappa shape index (κ1) is 27.0. The second-order valence-electron chi connectivity index (χ2n) is 10.2. The maximum absolute atomic E-state index is 14.0. The van der Waals surface area contributed by atoms with Crippen LogP contribution in [0, 0.1) is 23.2 Å². The van der Waals surface area contributed by atoms with Crippen LogP contribution in [0.4, 0.5) is 22.0 Å². The minimum absolute atomic E-state index is 0.0343. The molecule has 1 aromatic heterocycles. The summed E-state index contributed by atoms with van der Waals surface area (Å²) >= 11 is 0. The van der Waals surface area contributed by atoms with Crippen molar-refractivity contribution in [1.82, 2.24) is 20.0 Å². The van der Waals surface area contributed by atoms with E-state index in [0.717, 1.165) is 21.7 Å². The van der Waals surface area contributed by atoms with E-state index in [2.05, 4.69) is 10.4 Å². The fourth-order valence-electron chi connectivity index (χ4n) is 5.16. The second kappa shape index (κ2) is 9.00. The number of carbonyl (C=O) groups excluding carboxylic acids is 2. The van der Waals surface area contributed by atoms with Crippen LogP contribution >= 0.6 is 0 Å². The fourth-order valence-corrected chi connectivity index (χ4v) is 7.18. The van der Waals surface area contributed by atoms with Gasteiger partial charge in [0, 0.05) is 12.4 Å². The molecule has 2 aliphatic carbocycles. The van der Waals surface area contributed by atoms with Crippen LogP contribution < -0.4 is 5.32 Å². The van der Waals surface area contributed by atoms with Crippen LogP contribution in [0.25, 0.3) is 5.69 Å². The predicted molar refractivity (Wildman–Crippen MR) is 123 cm³/mol. The van der Waals surface area contributed by atoms with Crippen molar-refractivity contribution in [2.24, 2.45) is 11.8 Å². The average Bonchev–Trinajstić information content (AvgIpc) is 3.24. The molecule has 0 radical (unpaired) electrons. The fraction of sp³-hybridized carbons (Fsp3) is 0.500. The molecule has 1 aliphatic heterocycles. The van der Waals surface area contributed by atoms with E-state index in [1.165, 1.54) is 18.5 Å². The van der Waals surface area contributed by atoms with E-state index in [-0.39, 0.29) is 5.69 Å². The van der Waals surface area contributed by atoms with Crippen molar-refractivity contribution in [3.8, 4) is 11.8 Å². The van der Waals surface area contributed by atoms with E-state index < -0.39 is 92.8 Å². The Morgan fingerprint density at radius 2 is 1.79 bits per heavy atom. The molecule has 2 amide bonds. The lowest BCUT2D eigenvalue weighted by atomic mass is 9.92. The van der Waals surface area contributed by atoms with Gasteiger partial charge >= 0.3 is 6.18 Å². The summed E-state index contributed by atoms with van der Waals surface area (Å²) in [4.78, 5) is 25.9. The number of sulfone groups is 1. The molecule has 2 heterocycles. The standard InChI is InChI=1S/C24H22F5N5O4S/c25-23(26)12-33(13-23)21(36)17-10-15(9-16(17)20(35)32-22(11-30)4-5-22)39(37,38)19-3-2-14(34-7-1-6-31-34)8-18(19)24(27,28)29/h1-3,6-8,15-17H,4-5,9-10,12-13H2,(H,32,35). The number of nitrogens with zero attached hydrogens (tertiary/aromatic N) is 4. The Morgan fingerprint density at radius 1 is 1.13 bits per heavy atom. The maximum Gasteiger partial charge on any atom is 0.417 e. The molecule has 1 aromatic carbocycles. The Bertz CT molecular complexity index is 1460. The summed E-state index contributed by atoms with van der Waals surface area (Å²) in [6, 6.07) is 6.03. The van der Waals surface area contributed by atoms with Gasteiger partial charge in [0.25, 0.3) is 5.92 Å². The number of likely N-dealkylation sites (tertiary alicyclic amines) is 1. The van der Waals surface area contributed by atoms with Crippen molar-refractivity contribution in [2.45, 2.75) is 53.5 Å². The molecule has 2 aromatic rings. The van der Waals surface area contributed by atoms with Crippen LogP contribution in [0.3, 0.4) is 0 Å². The SMILES string of the molecule is N#CC1(NC(=O)C2CC(S(=O)(=O)c3ccc(-n4cccn4)cc3C(F)(F)F)CC2C(=O)N2CC(F)(F)C2)CC1. The summed E-state index contributed by atoms with van der Waals surface area (Å²) in [5, 5.41) is 14.1. The van der Waals surface area contributed by atoms with Gasteiger partial charge in [0.2, 0.25) is 11.8 Å². The van der Waals surface area contributed by atoms with E-state index in [0.29, 0.717) is 18.9 Å². The number of hydrogen-bond donors (Lipinski definition) is 1. The highest BCUT2D eigenvalue weighted by Crippen LogP contribution is 2.45. The van der Waals surface area contributed by atoms with Gasteiger partial charge in [-0.15, -0.1) is 0 Å². The zero-order valence-corrected chi connectivity index (χ0v) is 21.0. The molecule has 0 spiro atoms. The molecule has 3 unspecified atom stereocenters. The van der Waals surface area contributed by atoms with Gasteiger partial charge in [-0.05, 0) is 49.9 Å². The Labute approximate surface area is 219 Å². The molecule has 39 heavy (non-hydrogen) atoms. The molecular weight excluding hydrogens is 549 g/mol. The third-order valence-corrected chi connectivity index (χ3v) is 9.67. The van der Waals surface area contributed by atoms with Gasteiger partial charge < -0.3 is 10.2 Å². The van der Waals surface area contributed by atoms with Gasteiger partial charge in [-0.25, -0.2) is 21.9 Å². The van der Waals surface area contributed by atoms with Crippen LogP contribution in [-0.2, 0) is 25.6 Å². The summed E-state index contributed by atoms with van der Waals surface area (Å²) in [6.45, 7) is -1.80. The first-order chi connectivity index (χ1) is 18.2. The van der Waals surface area contributed by atoms with Crippen LogP contribution in [0.15, 0.2) is 41.6 Å². The Kier molecular flexibility index (Phi) is 6.24. The number of nitrogens with one attached hydrogen (secondary N) is 1. The number of carbonyl (C=O) groups is 2. The third kappa shape index (κ3) is 4.97. The highest BCUT2D eigenvalue weighted by atomic mass is 32.2. The third-order valence-electron chi connectivity index (χ3n) is 7.44.